The Kier molecular flexibility index (Phi) is 6.74. The minimum atomic E-state index is -0.321. The summed E-state index contributed by atoms with van der Waals surface area (Å²) in [5, 5.41) is 7.28. The van der Waals surface area contributed by atoms with Gasteiger partial charge in [0.1, 0.15) is 11.6 Å². The van der Waals surface area contributed by atoms with E-state index < -0.39 is 0 Å². The maximum Gasteiger partial charge on any atom is 0.291 e. The standard InChI is InChI=1S/C20H28FN5O2/c1-14(2)12-18(25-8-10-28-11-9-25)13-22-20(27)19-23-15(3)26(24-19)17-6-4-16(21)5-7-17/h4-7,14,18H,8-13H2,1-3H3,(H,22,27). The Hall–Kier alpha value is -2.32. The zero-order valence-electron chi connectivity index (χ0n) is 16.7. The number of morpholine rings is 1. The van der Waals surface area contributed by atoms with Crippen LogP contribution in [0.3, 0.4) is 0 Å². The first-order valence-corrected chi connectivity index (χ1v) is 9.73. The molecule has 1 aromatic carbocycles. The molecule has 1 aliphatic heterocycles. The average molecular weight is 389 g/mol. The second kappa shape index (κ2) is 9.25. The van der Waals surface area contributed by atoms with Crippen molar-refractivity contribution in [2.75, 3.05) is 32.8 Å². The third-order valence-electron chi connectivity index (χ3n) is 4.85. The number of carbonyl (C=O) groups excluding carboxylic acids is 1. The van der Waals surface area contributed by atoms with Crippen molar-refractivity contribution in [3.63, 3.8) is 0 Å². The van der Waals surface area contributed by atoms with E-state index in [1.54, 1.807) is 23.7 Å². The van der Waals surface area contributed by atoms with Crippen molar-refractivity contribution < 1.29 is 13.9 Å². The summed E-state index contributed by atoms with van der Waals surface area (Å²) in [5.74, 6) is 0.600. The molecule has 2 aromatic rings. The highest BCUT2D eigenvalue weighted by molar-refractivity contribution is 5.90. The van der Waals surface area contributed by atoms with Gasteiger partial charge >= 0.3 is 0 Å². The minimum Gasteiger partial charge on any atom is -0.379 e. The van der Waals surface area contributed by atoms with Gasteiger partial charge in [0, 0.05) is 25.7 Å². The zero-order valence-corrected chi connectivity index (χ0v) is 16.7. The Morgan fingerprint density at radius 3 is 2.57 bits per heavy atom. The van der Waals surface area contributed by atoms with Crippen molar-refractivity contribution in [2.24, 2.45) is 5.92 Å². The van der Waals surface area contributed by atoms with E-state index in [2.05, 4.69) is 34.1 Å². The third-order valence-corrected chi connectivity index (χ3v) is 4.85. The Labute approximate surface area is 164 Å². The van der Waals surface area contributed by atoms with Crippen LogP contribution in [0.1, 0.15) is 36.7 Å². The molecular weight excluding hydrogens is 361 g/mol. The van der Waals surface area contributed by atoms with E-state index in [4.69, 9.17) is 4.74 Å². The number of carbonyl (C=O) groups is 1. The van der Waals surface area contributed by atoms with Gasteiger partial charge in [0.05, 0.1) is 18.9 Å². The summed E-state index contributed by atoms with van der Waals surface area (Å²) in [4.78, 5) is 19.3. The molecule has 0 saturated carbocycles. The molecule has 1 amide bonds. The quantitative estimate of drug-likeness (QED) is 0.786. The fraction of sp³-hybridized carbons (Fsp3) is 0.550. The van der Waals surface area contributed by atoms with Crippen molar-refractivity contribution >= 4 is 5.91 Å². The van der Waals surface area contributed by atoms with E-state index in [1.165, 1.54) is 12.1 Å². The van der Waals surface area contributed by atoms with Crippen LogP contribution >= 0.6 is 0 Å². The van der Waals surface area contributed by atoms with Gasteiger partial charge in [0.25, 0.3) is 5.91 Å². The SMILES string of the molecule is Cc1nc(C(=O)NCC(CC(C)C)N2CCOCC2)nn1-c1ccc(F)cc1. The molecule has 1 N–H and O–H groups in total. The van der Waals surface area contributed by atoms with Crippen molar-refractivity contribution in [1.82, 2.24) is 25.0 Å². The maximum absolute atomic E-state index is 13.1. The van der Waals surface area contributed by atoms with Gasteiger partial charge in [-0.05, 0) is 43.5 Å². The molecule has 1 aromatic heterocycles. The van der Waals surface area contributed by atoms with Crippen LogP contribution < -0.4 is 5.32 Å². The van der Waals surface area contributed by atoms with Gasteiger partial charge in [-0.15, -0.1) is 5.10 Å². The number of aryl methyl sites for hydroxylation is 1. The highest BCUT2D eigenvalue weighted by atomic mass is 19.1. The van der Waals surface area contributed by atoms with Crippen molar-refractivity contribution in [3.05, 3.63) is 41.7 Å². The van der Waals surface area contributed by atoms with Gasteiger partial charge in [0.2, 0.25) is 5.82 Å². The number of aromatic nitrogens is 3. The van der Waals surface area contributed by atoms with Crippen LogP contribution in [0.5, 0.6) is 0 Å². The van der Waals surface area contributed by atoms with Gasteiger partial charge in [-0.3, -0.25) is 9.69 Å². The lowest BCUT2D eigenvalue weighted by Crippen LogP contribution is -2.49. The Morgan fingerprint density at radius 2 is 1.93 bits per heavy atom. The van der Waals surface area contributed by atoms with Gasteiger partial charge in [0.15, 0.2) is 0 Å². The second-order valence-electron chi connectivity index (χ2n) is 7.51. The van der Waals surface area contributed by atoms with E-state index in [0.29, 0.717) is 24.0 Å². The van der Waals surface area contributed by atoms with Gasteiger partial charge < -0.3 is 10.1 Å². The van der Waals surface area contributed by atoms with Crippen LogP contribution in [-0.4, -0.2) is 64.5 Å². The fourth-order valence-electron chi connectivity index (χ4n) is 3.45. The molecule has 8 heteroatoms. The molecule has 0 bridgehead atoms. The molecule has 28 heavy (non-hydrogen) atoms. The monoisotopic (exact) mass is 389 g/mol. The lowest BCUT2D eigenvalue weighted by molar-refractivity contribution is 0.0124. The molecule has 0 spiro atoms. The third kappa shape index (κ3) is 5.14. The van der Waals surface area contributed by atoms with Gasteiger partial charge in [-0.2, -0.15) is 0 Å². The number of benzene rings is 1. The molecule has 2 heterocycles. The number of nitrogens with zero attached hydrogens (tertiary/aromatic N) is 4. The number of ether oxygens (including phenoxy) is 1. The molecule has 0 aliphatic carbocycles. The van der Waals surface area contributed by atoms with Crippen LogP contribution in [0.2, 0.25) is 0 Å². The van der Waals surface area contributed by atoms with Crippen molar-refractivity contribution in [3.8, 4) is 5.69 Å². The van der Waals surface area contributed by atoms with Crippen molar-refractivity contribution in [2.45, 2.75) is 33.2 Å². The second-order valence-corrected chi connectivity index (χ2v) is 7.51. The lowest BCUT2D eigenvalue weighted by Gasteiger charge is -2.35. The Balaban J connectivity index is 1.66. The minimum absolute atomic E-state index is 0.118. The first-order valence-electron chi connectivity index (χ1n) is 9.73. The van der Waals surface area contributed by atoms with E-state index in [9.17, 15) is 9.18 Å². The predicted molar refractivity (Wildman–Crippen MR) is 104 cm³/mol. The van der Waals surface area contributed by atoms with E-state index in [-0.39, 0.29) is 23.6 Å². The molecular formula is C20H28FN5O2. The first-order chi connectivity index (χ1) is 13.4. The first kappa shape index (κ1) is 20.4. The van der Waals surface area contributed by atoms with Crippen LogP contribution in [-0.2, 0) is 4.74 Å². The molecule has 7 nitrogen and oxygen atoms in total. The van der Waals surface area contributed by atoms with Gasteiger partial charge in [-0.1, -0.05) is 13.8 Å². The van der Waals surface area contributed by atoms with Crippen LogP contribution in [0.15, 0.2) is 24.3 Å². The Morgan fingerprint density at radius 1 is 1.25 bits per heavy atom. The number of hydrogen-bond acceptors (Lipinski definition) is 5. The number of hydrogen-bond donors (Lipinski definition) is 1. The molecule has 152 valence electrons. The predicted octanol–water partition coefficient (Wildman–Crippen LogP) is 2.19. The summed E-state index contributed by atoms with van der Waals surface area (Å²) in [5.41, 5.74) is 0.663. The molecule has 1 unspecified atom stereocenters. The molecule has 0 radical (unpaired) electrons. The maximum atomic E-state index is 13.1. The highest BCUT2D eigenvalue weighted by Crippen LogP contribution is 2.14. The molecule has 3 rings (SSSR count). The zero-order chi connectivity index (χ0) is 20.1. The normalized spacial score (nSPS) is 16.3. The molecule has 1 aliphatic rings. The largest absolute Gasteiger partial charge is 0.379 e. The fourth-order valence-corrected chi connectivity index (χ4v) is 3.45. The number of halogens is 1. The van der Waals surface area contributed by atoms with Crippen LogP contribution in [0.4, 0.5) is 4.39 Å². The van der Waals surface area contributed by atoms with E-state index in [1.807, 2.05) is 0 Å². The summed E-state index contributed by atoms with van der Waals surface area (Å²) in [6.45, 7) is 9.89. The topological polar surface area (TPSA) is 72.3 Å². The smallest absolute Gasteiger partial charge is 0.291 e. The molecule has 1 fully saturated rings. The van der Waals surface area contributed by atoms with Crippen molar-refractivity contribution in [1.29, 1.82) is 0 Å². The number of nitrogens with one attached hydrogen (secondary N) is 1. The van der Waals surface area contributed by atoms with Crippen LogP contribution in [0.25, 0.3) is 5.69 Å². The summed E-state index contributed by atoms with van der Waals surface area (Å²) in [6, 6.07) is 6.18. The average Bonchev–Trinajstić information content (AvgIpc) is 3.07. The number of rotatable bonds is 7. The number of amides is 1. The highest BCUT2D eigenvalue weighted by Gasteiger charge is 2.23. The summed E-state index contributed by atoms with van der Waals surface area (Å²) in [7, 11) is 0. The van der Waals surface area contributed by atoms with Gasteiger partial charge in [-0.25, -0.2) is 14.1 Å². The lowest BCUT2D eigenvalue weighted by atomic mass is 10.0. The summed E-state index contributed by atoms with van der Waals surface area (Å²) < 4.78 is 20.1. The van der Waals surface area contributed by atoms with E-state index >= 15 is 0 Å². The van der Waals surface area contributed by atoms with E-state index in [0.717, 1.165) is 32.7 Å². The van der Waals surface area contributed by atoms with Crippen LogP contribution in [0, 0.1) is 18.7 Å². The molecule has 1 atom stereocenters. The Bertz CT molecular complexity index is 784. The summed E-state index contributed by atoms with van der Waals surface area (Å²) in [6.07, 6.45) is 0.997. The molecule has 1 saturated heterocycles. The summed E-state index contributed by atoms with van der Waals surface area (Å²) >= 11 is 0.